The van der Waals surface area contributed by atoms with Crippen LogP contribution < -0.4 is 5.32 Å². The number of rotatable bonds is 3. The molecule has 1 aromatic heterocycles. The highest BCUT2D eigenvalue weighted by molar-refractivity contribution is 6.00. The van der Waals surface area contributed by atoms with Crippen molar-refractivity contribution in [2.75, 3.05) is 0 Å². The fourth-order valence-corrected chi connectivity index (χ4v) is 3.20. The number of carbonyl (C=O) groups excluding carboxylic acids is 1. The van der Waals surface area contributed by atoms with Crippen molar-refractivity contribution in [2.45, 2.75) is 45.6 Å². The van der Waals surface area contributed by atoms with E-state index in [0.29, 0.717) is 22.9 Å². The summed E-state index contributed by atoms with van der Waals surface area (Å²) in [6, 6.07) is 9.95. The van der Waals surface area contributed by atoms with Gasteiger partial charge in [0.2, 0.25) is 0 Å². The smallest absolute Gasteiger partial charge is 0.257 e. The van der Waals surface area contributed by atoms with Crippen LogP contribution in [-0.2, 0) is 0 Å². The van der Waals surface area contributed by atoms with Crippen LogP contribution >= 0.6 is 0 Å². The molecular formula is C18H22N2O2. The van der Waals surface area contributed by atoms with Crippen molar-refractivity contribution < 1.29 is 9.32 Å². The first-order chi connectivity index (χ1) is 10.7. The van der Waals surface area contributed by atoms with Gasteiger partial charge in [-0.3, -0.25) is 4.79 Å². The summed E-state index contributed by atoms with van der Waals surface area (Å²) in [7, 11) is 0. The molecule has 2 aromatic rings. The predicted molar refractivity (Wildman–Crippen MR) is 85.6 cm³/mol. The molecule has 4 nitrogen and oxygen atoms in total. The Labute approximate surface area is 130 Å². The molecule has 1 aliphatic rings. The molecule has 1 saturated carbocycles. The Hall–Kier alpha value is -2.10. The highest BCUT2D eigenvalue weighted by Gasteiger charge is 2.27. The minimum atomic E-state index is -0.0728. The Bertz CT molecular complexity index is 648. The molecule has 1 aromatic carbocycles. The maximum absolute atomic E-state index is 12.7. The number of nitrogens with one attached hydrogen (secondary N) is 1. The monoisotopic (exact) mass is 298 g/mol. The summed E-state index contributed by atoms with van der Waals surface area (Å²) in [4.78, 5) is 12.7. The van der Waals surface area contributed by atoms with Gasteiger partial charge in [0, 0.05) is 11.6 Å². The molecule has 1 heterocycles. The number of aryl methyl sites for hydroxylation is 1. The standard InChI is InChI=1S/C18H22N2O2/c1-12-8-6-7-11-15(12)19-18(21)16-13(2)22-20-17(16)14-9-4-3-5-10-14/h3-5,9-10,12,15H,6-8,11H2,1-2H3,(H,19,21)/t12-,15+/m1/s1. The second kappa shape index (κ2) is 6.34. The van der Waals surface area contributed by atoms with E-state index >= 15 is 0 Å². The lowest BCUT2D eigenvalue weighted by Gasteiger charge is -2.29. The quantitative estimate of drug-likeness (QED) is 0.933. The zero-order valence-electron chi connectivity index (χ0n) is 13.1. The maximum atomic E-state index is 12.7. The Balaban J connectivity index is 1.85. The van der Waals surface area contributed by atoms with Gasteiger partial charge < -0.3 is 9.84 Å². The summed E-state index contributed by atoms with van der Waals surface area (Å²) in [5.41, 5.74) is 2.09. The van der Waals surface area contributed by atoms with Crippen LogP contribution in [0.5, 0.6) is 0 Å². The number of nitrogens with zero attached hydrogens (tertiary/aromatic N) is 1. The van der Waals surface area contributed by atoms with E-state index in [1.807, 2.05) is 30.3 Å². The van der Waals surface area contributed by atoms with E-state index < -0.39 is 0 Å². The molecule has 1 fully saturated rings. The number of aromatic nitrogens is 1. The number of carbonyl (C=O) groups is 1. The van der Waals surface area contributed by atoms with Gasteiger partial charge in [0.15, 0.2) is 0 Å². The first kappa shape index (κ1) is 14.8. The van der Waals surface area contributed by atoms with Crippen LogP contribution in [0.2, 0.25) is 0 Å². The number of amides is 1. The first-order valence-electron chi connectivity index (χ1n) is 7.99. The lowest BCUT2D eigenvalue weighted by atomic mass is 9.86. The van der Waals surface area contributed by atoms with Crippen LogP contribution in [0.15, 0.2) is 34.9 Å². The maximum Gasteiger partial charge on any atom is 0.257 e. The van der Waals surface area contributed by atoms with Crippen molar-refractivity contribution in [3.05, 3.63) is 41.7 Å². The molecule has 1 N–H and O–H groups in total. The zero-order chi connectivity index (χ0) is 15.5. The van der Waals surface area contributed by atoms with Crippen molar-refractivity contribution in [1.29, 1.82) is 0 Å². The Morgan fingerprint density at radius 2 is 1.95 bits per heavy atom. The molecule has 1 aliphatic carbocycles. The fraction of sp³-hybridized carbons (Fsp3) is 0.444. The molecule has 2 atom stereocenters. The summed E-state index contributed by atoms with van der Waals surface area (Å²) in [5.74, 6) is 1.02. The van der Waals surface area contributed by atoms with Gasteiger partial charge in [-0.25, -0.2) is 0 Å². The molecule has 1 amide bonds. The van der Waals surface area contributed by atoms with Crippen molar-refractivity contribution in [3.8, 4) is 11.3 Å². The van der Waals surface area contributed by atoms with Gasteiger partial charge in [-0.05, 0) is 25.7 Å². The second-order valence-corrected chi connectivity index (χ2v) is 6.17. The van der Waals surface area contributed by atoms with Gasteiger partial charge in [0.1, 0.15) is 17.0 Å². The Kier molecular flexibility index (Phi) is 4.27. The van der Waals surface area contributed by atoms with Crippen LogP contribution in [-0.4, -0.2) is 17.1 Å². The number of hydrogen-bond donors (Lipinski definition) is 1. The van der Waals surface area contributed by atoms with E-state index in [1.54, 1.807) is 6.92 Å². The average molecular weight is 298 g/mol. The van der Waals surface area contributed by atoms with Crippen LogP contribution in [0.1, 0.15) is 48.7 Å². The van der Waals surface area contributed by atoms with Crippen molar-refractivity contribution in [3.63, 3.8) is 0 Å². The van der Waals surface area contributed by atoms with E-state index in [1.165, 1.54) is 19.3 Å². The lowest BCUT2D eigenvalue weighted by molar-refractivity contribution is 0.0909. The normalized spacial score (nSPS) is 21.5. The minimum absolute atomic E-state index is 0.0728. The fourth-order valence-electron chi connectivity index (χ4n) is 3.20. The van der Waals surface area contributed by atoms with E-state index in [-0.39, 0.29) is 11.9 Å². The van der Waals surface area contributed by atoms with Gasteiger partial charge >= 0.3 is 0 Å². The minimum Gasteiger partial charge on any atom is -0.360 e. The summed E-state index contributed by atoms with van der Waals surface area (Å²) >= 11 is 0. The number of hydrogen-bond acceptors (Lipinski definition) is 3. The topological polar surface area (TPSA) is 55.1 Å². The van der Waals surface area contributed by atoms with Gasteiger partial charge in [0.25, 0.3) is 5.91 Å². The molecule has 22 heavy (non-hydrogen) atoms. The summed E-state index contributed by atoms with van der Waals surface area (Å²) in [6.45, 7) is 4.00. The molecule has 0 radical (unpaired) electrons. The molecule has 116 valence electrons. The third-order valence-electron chi connectivity index (χ3n) is 4.56. The summed E-state index contributed by atoms with van der Waals surface area (Å²) < 4.78 is 5.28. The lowest BCUT2D eigenvalue weighted by Crippen LogP contribution is -2.41. The van der Waals surface area contributed by atoms with Crippen LogP contribution in [0.25, 0.3) is 11.3 Å². The van der Waals surface area contributed by atoms with Crippen LogP contribution in [0.3, 0.4) is 0 Å². The van der Waals surface area contributed by atoms with Crippen molar-refractivity contribution in [2.24, 2.45) is 5.92 Å². The van der Waals surface area contributed by atoms with E-state index in [9.17, 15) is 4.79 Å². The van der Waals surface area contributed by atoms with Gasteiger partial charge in [-0.15, -0.1) is 0 Å². The molecule has 4 heteroatoms. The molecule has 3 rings (SSSR count). The molecular weight excluding hydrogens is 276 g/mol. The SMILES string of the molecule is Cc1onc(-c2ccccc2)c1C(=O)N[C@H]1CCCC[C@H]1C. The Morgan fingerprint density at radius 3 is 2.68 bits per heavy atom. The first-order valence-corrected chi connectivity index (χ1v) is 7.99. The van der Waals surface area contributed by atoms with E-state index in [4.69, 9.17) is 4.52 Å². The Morgan fingerprint density at radius 1 is 1.23 bits per heavy atom. The molecule has 0 bridgehead atoms. The highest BCUT2D eigenvalue weighted by atomic mass is 16.5. The predicted octanol–water partition coefficient (Wildman–Crippen LogP) is 3.96. The van der Waals surface area contributed by atoms with E-state index in [2.05, 4.69) is 17.4 Å². The largest absolute Gasteiger partial charge is 0.360 e. The van der Waals surface area contributed by atoms with Gasteiger partial charge in [-0.2, -0.15) is 0 Å². The summed E-state index contributed by atoms with van der Waals surface area (Å²) in [6.07, 6.45) is 4.68. The van der Waals surface area contributed by atoms with Gasteiger partial charge in [0.05, 0.1) is 0 Å². The van der Waals surface area contributed by atoms with Crippen molar-refractivity contribution >= 4 is 5.91 Å². The average Bonchev–Trinajstić information content (AvgIpc) is 2.92. The third-order valence-corrected chi connectivity index (χ3v) is 4.56. The number of benzene rings is 1. The zero-order valence-corrected chi connectivity index (χ0v) is 13.1. The molecule has 0 unspecified atom stereocenters. The summed E-state index contributed by atoms with van der Waals surface area (Å²) in [5, 5.41) is 7.27. The highest BCUT2D eigenvalue weighted by Crippen LogP contribution is 2.27. The molecule has 0 saturated heterocycles. The molecule has 0 aliphatic heterocycles. The van der Waals surface area contributed by atoms with E-state index in [0.717, 1.165) is 12.0 Å². The molecule has 0 spiro atoms. The van der Waals surface area contributed by atoms with Crippen LogP contribution in [0, 0.1) is 12.8 Å². The second-order valence-electron chi connectivity index (χ2n) is 6.17. The van der Waals surface area contributed by atoms with Crippen molar-refractivity contribution in [1.82, 2.24) is 10.5 Å². The van der Waals surface area contributed by atoms with Gasteiger partial charge in [-0.1, -0.05) is 55.3 Å². The third kappa shape index (κ3) is 2.91. The van der Waals surface area contributed by atoms with Crippen LogP contribution in [0.4, 0.5) is 0 Å².